The summed E-state index contributed by atoms with van der Waals surface area (Å²) in [4.78, 5) is 32.9. The van der Waals surface area contributed by atoms with Crippen LogP contribution in [0.2, 0.25) is 10.0 Å². The first-order valence-electron chi connectivity index (χ1n) is 8.78. The van der Waals surface area contributed by atoms with E-state index >= 15 is 0 Å². The first-order chi connectivity index (χ1) is 14.0. The summed E-state index contributed by atoms with van der Waals surface area (Å²) >= 11 is 12.6. The highest BCUT2D eigenvalue weighted by Crippen LogP contribution is 2.35. The maximum absolute atomic E-state index is 13.1. The number of fused-ring (bicyclic) bond motifs is 1. The number of rotatable bonds is 4. The van der Waals surface area contributed by atoms with Gasteiger partial charge in [-0.3, -0.25) is 14.6 Å². The standard InChI is InChI=1S/C23H14Cl2N2O2/c24-14-8-10-19-17(13-14)21(16-6-1-2-7-18(16)25)22(23(29)27-19)20(28)11-9-15-5-3-4-12-26-15/h1-13H,(H,27,29)/b11-9+. The lowest BCUT2D eigenvalue weighted by atomic mass is 9.94. The van der Waals surface area contributed by atoms with Crippen LogP contribution < -0.4 is 5.56 Å². The number of pyridine rings is 2. The van der Waals surface area contributed by atoms with Gasteiger partial charge in [0.1, 0.15) is 0 Å². The lowest BCUT2D eigenvalue weighted by Crippen LogP contribution is -2.18. The van der Waals surface area contributed by atoms with Gasteiger partial charge in [-0.05, 0) is 48.6 Å². The molecule has 0 unspecified atom stereocenters. The quantitative estimate of drug-likeness (QED) is 0.335. The Morgan fingerprint density at radius 2 is 1.79 bits per heavy atom. The molecule has 0 aliphatic rings. The molecule has 2 heterocycles. The molecular weight excluding hydrogens is 407 g/mol. The number of halogens is 2. The van der Waals surface area contributed by atoms with Crippen molar-refractivity contribution in [1.82, 2.24) is 9.97 Å². The molecule has 0 saturated carbocycles. The molecule has 0 amide bonds. The minimum absolute atomic E-state index is 0.0000442. The van der Waals surface area contributed by atoms with Crippen molar-refractivity contribution in [1.29, 1.82) is 0 Å². The third kappa shape index (κ3) is 3.86. The highest BCUT2D eigenvalue weighted by molar-refractivity contribution is 6.35. The van der Waals surface area contributed by atoms with Crippen molar-refractivity contribution in [3.63, 3.8) is 0 Å². The molecule has 0 fully saturated rings. The zero-order valence-corrected chi connectivity index (χ0v) is 16.5. The third-order valence-corrected chi connectivity index (χ3v) is 5.02. The lowest BCUT2D eigenvalue weighted by molar-refractivity contribution is 0.104. The van der Waals surface area contributed by atoms with Crippen molar-refractivity contribution in [2.75, 3.05) is 0 Å². The number of carbonyl (C=O) groups excluding carboxylic acids is 1. The highest BCUT2D eigenvalue weighted by atomic mass is 35.5. The first kappa shape index (κ1) is 19.1. The van der Waals surface area contributed by atoms with Gasteiger partial charge in [0.15, 0.2) is 5.78 Å². The zero-order valence-electron chi connectivity index (χ0n) is 15.0. The van der Waals surface area contributed by atoms with Gasteiger partial charge in [0, 0.05) is 38.3 Å². The second-order valence-corrected chi connectivity index (χ2v) is 7.17. The van der Waals surface area contributed by atoms with Crippen LogP contribution in [-0.4, -0.2) is 15.8 Å². The maximum Gasteiger partial charge on any atom is 0.260 e. The number of allylic oxidation sites excluding steroid dienone is 1. The Hall–Kier alpha value is -3.21. The summed E-state index contributed by atoms with van der Waals surface area (Å²) in [7, 11) is 0. The van der Waals surface area contributed by atoms with Crippen LogP contribution in [0.3, 0.4) is 0 Å². The minimum atomic E-state index is -0.495. The molecule has 0 atom stereocenters. The van der Waals surface area contributed by atoms with E-state index in [1.807, 2.05) is 6.07 Å². The van der Waals surface area contributed by atoms with E-state index in [0.717, 1.165) is 0 Å². The fraction of sp³-hybridized carbons (Fsp3) is 0. The average molecular weight is 421 g/mol. The Morgan fingerprint density at radius 3 is 2.55 bits per heavy atom. The molecule has 2 aromatic carbocycles. The van der Waals surface area contributed by atoms with Crippen LogP contribution in [-0.2, 0) is 0 Å². The summed E-state index contributed by atoms with van der Waals surface area (Å²) in [6, 6.07) is 17.5. The number of hydrogen-bond donors (Lipinski definition) is 1. The molecule has 2 aromatic heterocycles. The van der Waals surface area contributed by atoms with Crippen molar-refractivity contribution in [3.05, 3.63) is 105 Å². The van der Waals surface area contributed by atoms with Gasteiger partial charge in [0.05, 0.1) is 11.3 Å². The van der Waals surface area contributed by atoms with E-state index in [-0.39, 0.29) is 5.56 Å². The lowest BCUT2D eigenvalue weighted by Gasteiger charge is -2.13. The van der Waals surface area contributed by atoms with Gasteiger partial charge in [0.2, 0.25) is 0 Å². The molecule has 0 bridgehead atoms. The molecule has 6 heteroatoms. The average Bonchev–Trinajstić information content (AvgIpc) is 2.73. The second kappa shape index (κ2) is 8.03. The number of benzene rings is 2. The fourth-order valence-corrected chi connectivity index (χ4v) is 3.57. The van der Waals surface area contributed by atoms with Crippen molar-refractivity contribution in [2.45, 2.75) is 0 Å². The highest BCUT2D eigenvalue weighted by Gasteiger charge is 2.21. The number of H-pyrrole nitrogens is 1. The van der Waals surface area contributed by atoms with Gasteiger partial charge in [-0.25, -0.2) is 0 Å². The molecule has 4 aromatic rings. The summed E-state index contributed by atoms with van der Waals surface area (Å²) < 4.78 is 0. The van der Waals surface area contributed by atoms with E-state index in [4.69, 9.17) is 23.2 Å². The third-order valence-electron chi connectivity index (χ3n) is 4.46. The Balaban J connectivity index is 1.98. The smallest absolute Gasteiger partial charge is 0.260 e. The molecular formula is C23H14Cl2N2O2. The van der Waals surface area contributed by atoms with E-state index < -0.39 is 11.3 Å². The van der Waals surface area contributed by atoms with Gasteiger partial charge in [-0.1, -0.05) is 47.5 Å². The van der Waals surface area contributed by atoms with Crippen LogP contribution in [0.5, 0.6) is 0 Å². The van der Waals surface area contributed by atoms with Gasteiger partial charge >= 0.3 is 0 Å². The summed E-state index contributed by atoms with van der Waals surface area (Å²) in [5.41, 5.74) is 1.72. The predicted octanol–water partition coefficient (Wildman–Crippen LogP) is 5.79. The molecule has 0 radical (unpaired) electrons. The van der Waals surface area contributed by atoms with E-state index in [9.17, 15) is 9.59 Å². The Bertz CT molecular complexity index is 1310. The van der Waals surface area contributed by atoms with Gasteiger partial charge in [-0.15, -0.1) is 0 Å². The van der Waals surface area contributed by atoms with E-state index in [1.165, 1.54) is 6.08 Å². The number of hydrogen-bond acceptors (Lipinski definition) is 3. The first-order valence-corrected chi connectivity index (χ1v) is 9.54. The second-order valence-electron chi connectivity index (χ2n) is 6.33. The fourth-order valence-electron chi connectivity index (χ4n) is 3.16. The van der Waals surface area contributed by atoms with Gasteiger partial charge in [0.25, 0.3) is 5.56 Å². The van der Waals surface area contributed by atoms with Crippen LogP contribution in [0.1, 0.15) is 16.1 Å². The maximum atomic E-state index is 13.1. The number of ketones is 1. The van der Waals surface area contributed by atoms with Crippen LogP contribution in [0.15, 0.2) is 77.7 Å². The van der Waals surface area contributed by atoms with Gasteiger partial charge in [-0.2, -0.15) is 0 Å². The van der Waals surface area contributed by atoms with E-state index in [1.54, 1.807) is 66.9 Å². The van der Waals surface area contributed by atoms with Gasteiger partial charge < -0.3 is 4.98 Å². The normalized spacial score (nSPS) is 11.2. The van der Waals surface area contributed by atoms with E-state index in [2.05, 4.69) is 9.97 Å². The number of nitrogens with one attached hydrogen (secondary N) is 1. The van der Waals surface area contributed by atoms with Crippen molar-refractivity contribution >= 4 is 46.0 Å². The molecule has 1 N–H and O–H groups in total. The van der Waals surface area contributed by atoms with Crippen LogP contribution in [0.25, 0.3) is 28.1 Å². The summed E-state index contributed by atoms with van der Waals surface area (Å²) in [5.74, 6) is -0.450. The largest absolute Gasteiger partial charge is 0.321 e. The molecule has 4 nitrogen and oxygen atoms in total. The predicted molar refractivity (Wildman–Crippen MR) is 118 cm³/mol. The SMILES string of the molecule is O=C(/C=C/c1ccccn1)c1c(-c2ccccc2Cl)c2cc(Cl)ccc2[nH]c1=O. The summed E-state index contributed by atoms with van der Waals surface area (Å²) in [6.45, 7) is 0. The molecule has 0 spiro atoms. The summed E-state index contributed by atoms with van der Waals surface area (Å²) in [6.07, 6.45) is 4.54. The number of aromatic amines is 1. The minimum Gasteiger partial charge on any atom is -0.321 e. The zero-order chi connectivity index (χ0) is 20.4. The number of nitrogens with zero attached hydrogens (tertiary/aromatic N) is 1. The van der Waals surface area contributed by atoms with Crippen molar-refractivity contribution < 1.29 is 4.79 Å². The van der Waals surface area contributed by atoms with Crippen molar-refractivity contribution in [2.24, 2.45) is 0 Å². The van der Waals surface area contributed by atoms with Crippen molar-refractivity contribution in [3.8, 4) is 11.1 Å². The topological polar surface area (TPSA) is 62.8 Å². The Morgan fingerprint density at radius 1 is 1.00 bits per heavy atom. The molecule has 0 aliphatic heterocycles. The molecule has 142 valence electrons. The number of aromatic nitrogens is 2. The Kier molecular flexibility index (Phi) is 5.30. The van der Waals surface area contributed by atoms with Crippen LogP contribution >= 0.6 is 23.2 Å². The molecule has 29 heavy (non-hydrogen) atoms. The molecule has 0 aliphatic carbocycles. The van der Waals surface area contributed by atoms with Crippen LogP contribution in [0, 0.1) is 0 Å². The van der Waals surface area contributed by atoms with Crippen LogP contribution in [0.4, 0.5) is 0 Å². The number of carbonyl (C=O) groups is 1. The molecule has 0 saturated heterocycles. The monoisotopic (exact) mass is 420 g/mol. The Labute approximate surface area is 176 Å². The van der Waals surface area contributed by atoms with E-state index in [0.29, 0.717) is 37.8 Å². The summed E-state index contributed by atoms with van der Waals surface area (Å²) in [5, 5.41) is 1.56. The molecule has 4 rings (SSSR count).